The second-order valence-electron chi connectivity index (χ2n) is 7.42. The quantitative estimate of drug-likeness (QED) is 0.194. The van der Waals surface area contributed by atoms with Crippen molar-refractivity contribution in [3.05, 3.63) is 22.4 Å². The Morgan fingerprint density at radius 3 is 2.38 bits per heavy atom. The molecule has 29 heavy (non-hydrogen) atoms. The lowest BCUT2D eigenvalue weighted by atomic mass is 10.2. The predicted octanol–water partition coefficient (Wildman–Crippen LogP) is 2.45. The van der Waals surface area contributed by atoms with Crippen molar-refractivity contribution in [1.82, 2.24) is 20.9 Å². The van der Waals surface area contributed by atoms with Crippen molar-refractivity contribution in [2.45, 2.75) is 39.2 Å². The fourth-order valence-electron chi connectivity index (χ4n) is 2.02. The van der Waals surface area contributed by atoms with E-state index in [-0.39, 0.29) is 36.4 Å². The zero-order valence-corrected chi connectivity index (χ0v) is 21.1. The number of hydrogen-bond acceptors (Lipinski definition) is 5. The normalized spacial score (nSPS) is 11.3. The molecule has 8 nitrogen and oxygen atoms in total. The Hall–Kier alpha value is -1.56. The van der Waals surface area contributed by atoms with Gasteiger partial charge >= 0.3 is 6.09 Å². The zero-order chi connectivity index (χ0) is 21.0. The first-order valence-electron chi connectivity index (χ1n) is 9.39. The zero-order valence-electron chi connectivity index (χ0n) is 17.9. The maximum Gasteiger partial charge on any atom is 0.407 e. The number of alkyl carbamates (subject to hydrolysis) is 1. The molecule has 1 heterocycles. The maximum absolute atomic E-state index is 11.8. The summed E-state index contributed by atoms with van der Waals surface area (Å²) in [5, 5.41) is 11.2. The van der Waals surface area contributed by atoms with Gasteiger partial charge in [-0.05, 0) is 45.1 Å². The van der Waals surface area contributed by atoms with Crippen LogP contribution in [-0.2, 0) is 16.0 Å². The molecule has 0 aliphatic heterocycles. The van der Waals surface area contributed by atoms with Crippen molar-refractivity contribution >= 4 is 53.3 Å². The molecule has 0 saturated carbocycles. The summed E-state index contributed by atoms with van der Waals surface area (Å²) < 4.78 is 5.19. The van der Waals surface area contributed by atoms with Crippen molar-refractivity contribution in [1.29, 1.82) is 0 Å². The third kappa shape index (κ3) is 14.1. The predicted molar refractivity (Wildman–Crippen MR) is 129 cm³/mol. The molecule has 0 aliphatic rings. The molecular formula is C19H34IN5O3S. The van der Waals surface area contributed by atoms with Crippen molar-refractivity contribution in [2.24, 2.45) is 4.99 Å². The van der Waals surface area contributed by atoms with Gasteiger partial charge in [-0.1, -0.05) is 6.07 Å². The van der Waals surface area contributed by atoms with Crippen molar-refractivity contribution in [2.75, 3.05) is 40.3 Å². The molecule has 0 bridgehead atoms. The minimum absolute atomic E-state index is 0. The molecule has 0 atom stereocenters. The van der Waals surface area contributed by atoms with E-state index in [2.05, 4.69) is 32.4 Å². The maximum atomic E-state index is 11.8. The minimum atomic E-state index is -0.506. The van der Waals surface area contributed by atoms with Gasteiger partial charge in [0.05, 0.1) is 0 Å². The van der Waals surface area contributed by atoms with Gasteiger partial charge in [0.2, 0.25) is 5.91 Å². The molecule has 0 fully saturated rings. The molecule has 1 aromatic rings. The lowest BCUT2D eigenvalue weighted by Crippen LogP contribution is -2.41. The van der Waals surface area contributed by atoms with Gasteiger partial charge in [0.15, 0.2) is 5.96 Å². The fourth-order valence-corrected chi connectivity index (χ4v) is 2.73. The van der Waals surface area contributed by atoms with Crippen LogP contribution in [0.2, 0.25) is 0 Å². The Labute approximate surface area is 194 Å². The summed E-state index contributed by atoms with van der Waals surface area (Å²) in [4.78, 5) is 30.5. The van der Waals surface area contributed by atoms with Crippen molar-refractivity contribution in [3.63, 3.8) is 0 Å². The number of hydrogen-bond donors (Lipinski definition) is 3. The van der Waals surface area contributed by atoms with Crippen LogP contribution in [0, 0.1) is 0 Å². The molecule has 0 saturated heterocycles. The first-order valence-corrected chi connectivity index (χ1v) is 10.3. The van der Waals surface area contributed by atoms with Gasteiger partial charge in [0.25, 0.3) is 0 Å². The molecule has 1 aromatic heterocycles. The van der Waals surface area contributed by atoms with E-state index >= 15 is 0 Å². The second-order valence-corrected chi connectivity index (χ2v) is 8.45. The van der Waals surface area contributed by atoms with Gasteiger partial charge < -0.3 is 25.6 Å². The summed E-state index contributed by atoms with van der Waals surface area (Å²) >= 11 is 1.71. The molecule has 0 aliphatic carbocycles. The van der Waals surface area contributed by atoms with Gasteiger partial charge in [0.1, 0.15) is 12.1 Å². The number of carbonyl (C=O) groups excluding carboxylic acids is 2. The summed E-state index contributed by atoms with van der Waals surface area (Å²) in [5.41, 5.74) is -0.506. The molecule has 0 spiro atoms. The standard InChI is InChI=1S/C19H33N5O3S.HI/c1-19(2,3)27-18(26)22-11-7-10-20-17(23-14-16(25)24(4)5)21-12-9-15-8-6-13-28-15;/h6,8,13H,7,9-12,14H2,1-5H3,(H,22,26)(H2,20,21,23);1H. The molecule has 0 aromatic carbocycles. The topological polar surface area (TPSA) is 95.1 Å². The van der Waals surface area contributed by atoms with E-state index in [0.717, 1.165) is 13.0 Å². The number of nitrogens with one attached hydrogen (secondary N) is 3. The Bertz CT molecular complexity index is 630. The molecule has 166 valence electrons. The SMILES string of the molecule is CN(C)C(=O)CN=C(NCCCNC(=O)OC(C)(C)C)NCCc1cccs1.I. The lowest BCUT2D eigenvalue weighted by Gasteiger charge is -2.19. The van der Waals surface area contributed by atoms with Gasteiger partial charge in [-0.15, -0.1) is 35.3 Å². The highest BCUT2D eigenvalue weighted by atomic mass is 127. The van der Waals surface area contributed by atoms with Crippen molar-refractivity contribution < 1.29 is 14.3 Å². The number of likely N-dealkylation sites (N-methyl/N-ethyl adjacent to an activating group) is 1. The van der Waals surface area contributed by atoms with E-state index in [0.29, 0.717) is 25.5 Å². The van der Waals surface area contributed by atoms with Crippen LogP contribution in [0.3, 0.4) is 0 Å². The van der Waals surface area contributed by atoms with Crippen LogP contribution in [0.5, 0.6) is 0 Å². The van der Waals surface area contributed by atoms with Crippen LogP contribution in [0.1, 0.15) is 32.1 Å². The van der Waals surface area contributed by atoms with E-state index in [9.17, 15) is 9.59 Å². The van der Waals surface area contributed by atoms with Crippen LogP contribution >= 0.6 is 35.3 Å². The Morgan fingerprint density at radius 1 is 1.14 bits per heavy atom. The molecule has 3 N–H and O–H groups in total. The van der Waals surface area contributed by atoms with E-state index < -0.39 is 11.7 Å². The van der Waals surface area contributed by atoms with Crippen LogP contribution in [-0.4, -0.2) is 68.7 Å². The van der Waals surface area contributed by atoms with Gasteiger partial charge in [-0.25, -0.2) is 9.79 Å². The second kappa shape index (κ2) is 14.4. The van der Waals surface area contributed by atoms with E-state index in [4.69, 9.17) is 4.74 Å². The van der Waals surface area contributed by atoms with Crippen molar-refractivity contribution in [3.8, 4) is 0 Å². The molecule has 10 heteroatoms. The average Bonchev–Trinajstić information content (AvgIpc) is 3.10. The molecule has 0 unspecified atom stereocenters. The van der Waals surface area contributed by atoms with Crippen LogP contribution < -0.4 is 16.0 Å². The van der Waals surface area contributed by atoms with Gasteiger partial charge in [-0.3, -0.25) is 4.79 Å². The molecule has 0 radical (unpaired) electrons. The Balaban J connectivity index is 0.00000784. The highest BCUT2D eigenvalue weighted by molar-refractivity contribution is 14.0. The third-order valence-electron chi connectivity index (χ3n) is 3.43. The number of carbonyl (C=O) groups is 2. The third-order valence-corrected chi connectivity index (χ3v) is 4.37. The number of nitrogens with zero attached hydrogens (tertiary/aromatic N) is 2. The number of ether oxygens (including phenoxy) is 1. The smallest absolute Gasteiger partial charge is 0.407 e. The monoisotopic (exact) mass is 539 g/mol. The number of thiophene rings is 1. The van der Waals surface area contributed by atoms with Crippen LogP contribution in [0.25, 0.3) is 0 Å². The molecule has 1 rings (SSSR count). The molecular weight excluding hydrogens is 505 g/mol. The Morgan fingerprint density at radius 2 is 1.79 bits per heavy atom. The van der Waals surface area contributed by atoms with Crippen LogP contribution in [0.4, 0.5) is 4.79 Å². The average molecular weight is 539 g/mol. The minimum Gasteiger partial charge on any atom is -0.444 e. The first-order chi connectivity index (χ1) is 13.2. The van der Waals surface area contributed by atoms with E-state index in [1.807, 2.05) is 26.8 Å². The summed E-state index contributed by atoms with van der Waals surface area (Å²) in [6.45, 7) is 7.38. The van der Waals surface area contributed by atoms with Gasteiger partial charge in [-0.2, -0.15) is 0 Å². The van der Waals surface area contributed by atoms with Crippen LogP contribution in [0.15, 0.2) is 22.5 Å². The summed E-state index contributed by atoms with van der Waals surface area (Å²) in [6, 6.07) is 4.12. The summed E-state index contributed by atoms with van der Waals surface area (Å²) in [5.74, 6) is 0.523. The number of halogens is 1. The van der Waals surface area contributed by atoms with E-state index in [1.54, 1.807) is 25.4 Å². The Kier molecular flexibility index (Phi) is 13.7. The number of rotatable bonds is 9. The number of guanidine groups is 1. The summed E-state index contributed by atoms with van der Waals surface area (Å²) in [6.07, 6.45) is 1.17. The van der Waals surface area contributed by atoms with Gasteiger partial charge in [0, 0.05) is 38.6 Å². The fraction of sp³-hybridized carbons (Fsp3) is 0.632. The number of aliphatic imine (C=N–C) groups is 1. The van der Waals surface area contributed by atoms with E-state index in [1.165, 1.54) is 9.78 Å². The number of amides is 2. The first kappa shape index (κ1) is 27.4. The molecule has 2 amide bonds. The lowest BCUT2D eigenvalue weighted by molar-refractivity contribution is -0.127. The highest BCUT2D eigenvalue weighted by Crippen LogP contribution is 2.08. The summed E-state index contributed by atoms with van der Waals surface area (Å²) in [7, 11) is 3.41. The highest BCUT2D eigenvalue weighted by Gasteiger charge is 2.15. The largest absolute Gasteiger partial charge is 0.444 e.